The molecule has 1 heterocycles. The summed E-state index contributed by atoms with van der Waals surface area (Å²) in [6.07, 6.45) is -0.404. The van der Waals surface area contributed by atoms with Crippen molar-refractivity contribution < 1.29 is 23.8 Å². The van der Waals surface area contributed by atoms with E-state index in [0.717, 1.165) is 0 Å². The van der Waals surface area contributed by atoms with Gasteiger partial charge in [0.2, 0.25) is 5.91 Å². The molecule has 1 atom stereocenters. The summed E-state index contributed by atoms with van der Waals surface area (Å²) >= 11 is 4.41. The summed E-state index contributed by atoms with van der Waals surface area (Å²) in [4.78, 5) is 26.4. The maximum Gasteiger partial charge on any atom is 0.305 e. The van der Waals surface area contributed by atoms with Gasteiger partial charge in [0.25, 0.3) is 0 Å². The number of fused-ring (bicyclic) bond motifs is 1. The number of carboxylic acid groups (broad SMARTS) is 1. The number of anilines is 1. The van der Waals surface area contributed by atoms with Gasteiger partial charge < -0.3 is 14.7 Å². The van der Waals surface area contributed by atoms with Crippen molar-refractivity contribution in [1.29, 1.82) is 0 Å². The van der Waals surface area contributed by atoms with Gasteiger partial charge in [0, 0.05) is 10.0 Å². The molecule has 8 heteroatoms. The maximum absolute atomic E-state index is 14.4. The summed E-state index contributed by atoms with van der Waals surface area (Å²) in [5.41, 5.74) is 0.941. The molecule has 0 bridgehead atoms. The lowest BCUT2D eigenvalue weighted by Crippen LogP contribution is -2.41. The lowest BCUT2D eigenvalue weighted by Gasteiger charge is -2.34. The van der Waals surface area contributed by atoms with Crippen LogP contribution in [0.5, 0.6) is 5.75 Å². The van der Waals surface area contributed by atoms with Gasteiger partial charge in [0.05, 0.1) is 34.9 Å². The van der Waals surface area contributed by atoms with Gasteiger partial charge in [0.1, 0.15) is 11.6 Å². The molecule has 2 aromatic carbocycles. The number of carbonyl (C=O) groups excluding carboxylic acids is 1. The van der Waals surface area contributed by atoms with E-state index < -0.39 is 17.0 Å². The zero-order valence-corrected chi connectivity index (χ0v) is 17.7. The Bertz CT molecular complexity index is 921. The number of hydrogen-bond acceptors (Lipinski definition) is 4. The van der Waals surface area contributed by atoms with Gasteiger partial charge in [0.15, 0.2) is 0 Å². The Balaban J connectivity index is 2.04. The van der Waals surface area contributed by atoms with Crippen LogP contribution in [0.3, 0.4) is 0 Å². The third kappa shape index (κ3) is 4.50. The molecule has 0 saturated carbocycles. The number of amides is 1. The summed E-state index contributed by atoms with van der Waals surface area (Å²) in [5.74, 6) is -1.27. The van der Waals surface area contributed by atoms with Crippen LogP contribution in [0.15, 0.2) is 45.8 Å². The summed E-state index contributed by atoms with van der Waals surface area (Å²) in [6.45, 7) is 3.79. The van der Waals surface area contributed by atoms with E-state index >= 15 is 0 Å². The quantitative estimate of drug-likeness (QED) is 0.656. The van der Waals surface area contributed by atoms with Crippen molar-refractivity contribution in [1.82, 2.24) is 0 Å². The molecule has 0 aromatic heterocycles. The first kappa shape index (κ1) is 20.7. The molecule has 28 heavy (non-hydrogen) atoms. The van der Waals surface area contributed by atoms with Gasteiger partial charge in [-0.1, -0.05) is 28.1 Å². The van der Waals surface area contributed by atoms with Gasteiger partial charge in [-0.05, 0) is 38.1 Å². The SMILES string of the molecule is CC(C)Oc1cccc2c1SC(CC(=O)O)C(=O)N2Cc1ccc(Br)cc1F. The molecular formula is C20H19BrFNO4S. The van der Waals surface area contributed by atoms with Crippen molar-refractivity contribution in [2.24, 2.45) is 0 Å². The minimum atomic E-state index is -1.06. The highest BCUT2D eigenvalue weighted by atomic mass is 79.9. The second-order valence-corrected chi connectivity index (χ2v) is 8.76. The third-order valence-corrected chi connectivity index (χ3v) is 5.91. The summed E-state index contributed by atoms with van der Waals surface area (Å²) in [5, 5.41) is 8.41. The zero-order chi connectivity index (χ0) is 20.4. The van der Waals surface area contributed by atoms with Crippen molar-refractivity contribution >= 4 is 45.3 Å². The van der Waals surface area contributed by atoms with E-state index in [0.29, 0.717) is 26.4 Å². The first-order valence-electron chi connectivity index (χ1n) is 8.69. The number of benzene rings is 2. The number of halogens is 2. The molecule has 3 rings (SSSR count). The van der Waals surface area contributed by atoms with Crippen LogP contribution in [0, 0.1) is 5.82 Å². The molecule has 1 amide bonds. The summed E-state index contributed by atoms with van der Waals surface area (Å²) in [6, 6.07) is 9.97. The Morgan fingerprint density at radius 3 is 2.75 bits per heavy atom. The topological polar surface area (TPSA) is 66.8 Å². The first-order chi connectivity index (χ1) is 13.3. The molecular weight excluding hydrogens is 449 g/mol. The van der Waals surface area contributed by atoms with E-state index in [9.17, 15) is 19.1 Å². The molecule has 148 valence electrons. The van der Waals surface area contributed by atoms with E-state index in [1.807, 2.05) is 13.8 Å². The molecule has 2 aromatic rings. The Kier molecular flexibility index (Phi) is 6.30. The zero-order valence-electron chi connectivity index (χ0n) is 15.3. The van der Waals surface area contributed by atoms with E-state index in [-0.39, 0.29) is 25.0 Å². The molecule has 0 saturated heterocycles. The van der Waals surface area contributed by atoms with Crippen LogP contribution in [0.1, 0.15) is 25.8 Å². The number of thioether (sulfide) groups is 1. The minimum absolute atomic E-state index is 0.00670. The predicted octanol–water partition coefficient (Wildman–Crippen LogP) is 4.86. The largest absolute Gasteiger partial charge is 0.490 e. The van der Waals surface area contributed by atoms with Gasteiger partial charge in [-0.25, -0.2) is 4.39 Å². The molecule has 5 nitrogen and oxygen atoms in total. The number of rotatable bonds is 6. The molecule has 0 spiro atoms. The Labute approximate surface area is 175 Å². The van der Waals surface area contributed by atoms with Crippen molar-refractivity contribution in [3.05, 3.63) is 52.3 Å². The number of carbonyl (C=O) groups is 2. The third-order valence-electron chi connectivity index (χ3n) is 4.12. The van der Waals surface area contributed by atoms with E-state index in [2.05, 4.69) is 15.9 Å². The number of ether oxygens (including phenoxy) is 1. The smallest absolute Gasteiger partial charge is 0.305 e. The number of carboxylic acids is 1. The second-order valence-electron chi connectivity index (χ2n) is 6.64. The monoisotopic (exact) mass is 467 g/mol. The lowest BCUT2D eigenvalue weighted by atomic mass is 10.1. The number of hydrogen-bond donors (Lipinski definition) is 1. The van der Waals surface area contributed by atoms with E-state index in [4.69, 9.17) is 4.74 Å². The molecule has 0 fully saturated rings. The Morgan fingerprint density at radius 1 is 1.36 bits per heavy atom. The molecule has 0 aliphatic carbocycles. The fourth-order valence-corrected chi connectivity index (χ4v) is 4.54. The van der Waals surface area contributed by atoms with Crippen LogP contribution in [0.25, 0.3) is 0 Å². The van der Waals surface area contributed by atoms with Crippen LogP contribution in [-0.2, 0) is 16.1 Å². The fourth-order valence-electron chi connectivity index (χ4n) is 2.94. The first-order valence-corrected chi connectivity index (χ1v) is 10.4. The molecule has 1 aliphatic heterocycles. The second kappa shape index (κ2) is 8.53. The van der Waals surface area contributed by atoms with Crippen LogP contribution >= 0.6 is 27.7 Å². The standard InChI is InChI=1S/C20H19BrFNO4S/c1-11(2)27-16-5-3-4-15-19(16)28-17(9-18(24)25)20(26)23(15)10-12-6-7-13(21)8-14(12)22/h3-8,11,17H,9-10H2,1-2H3,(H,24,25). The number of nitrogens with zero attached hydrogens (tertiary/aromatic N) is 1. The van der Waals surface area contributed by atoms with Gasteiger partial charge >= 0.3 is 5.97 Å². The van der Waals surface area contributed by atoms with Crippen molar-refractivity contribution in [3.63, 3.8) is 0 Å². The highest BCUT2D eigenvalue weighted by Gasteiger charge is 2.37. The van der Waals surface area contributed by atoms with Crippen molar-refractivity contribution in [3.8, 4) is 5.75 Å². The molecule has 1 unspecified atom stereocenters. The van der Waals surface area contributed by atoms with Crippen LogP contribution in [-0.4, -0.2) is 28.3 Å². The lowest BCUT2D eigenvalue weighted by molar-refractivity contribution is -0.138. The Morgan fingerprint density at radius 2 is 2.11 bits per heavy atom. The molecule has 0 radical (unpaired) electrons. The van der Waals surface area contributed by atoms with Crippen LogP contribution in [0.4, 0.5) is 10.1 Å². The predicted molar refractivity (Wildman–Crippen MR) is 109 cm³/mol. The van der Waals surface area contributed by atoms with Gasteiger partial charge in [-0.3, -0.25) is 9.59 Å². The number of aliphatic carboxylic acids is 1. The van der Waals surface area contributed by atoms with E-state index in [1.54, 1.807) is 30.3 Å². The fraction of sp³-hybridized carbons (Fsp3) is 0.300. The molecule has 1 aliphatic rings. The average molecular weight is 468 g/mol. The average Bonchev–Trinajstić information content (AvgIpc) is 2.60. The van der Waals surface area contributed by atoms with Crippen molar-refractivity contribution in [2.75, 3.05) is 4.90 Å². The van der Waals surface area contributed by atoms with Crippen LogP contribution in [0.2, 0.25) is 0 Å². The minimum Gasteiger partial charge on any atom is -0.490 e. The highest BCUT2D eigenvalue weighted by Crippen LogP contribution is 2.46. The Hall–Kier alpha value is -2.06. The normalized spacial score (nSPS) is 16.2. The summed E-state index contributed by atoms with van der Waals surface area (Å²) < 4.78 is 20.8. The van der Waals surface area contributed by atoms with Crippen LogP contribution < -0.4 is 9.64 Å². The highest BCUT2D eigenvalue weighted by molar-refractivity contribution is 9.10. The maximum atomic E-state index is 14.4. The summed E-state index contributed by atoms with van der Waals surface area (Å²) in [7, 11) is 0. The molecule has 1 N–H and O–H groups in total. The van der Waals surface area contributed by atoms with Gasteiger partial charge in [-0.15, -0.1) is 11.8 Å². The van der Waals surface area contributed by atoms with Crippen molar-refractivity contribution in [2.45, 2.75) is 43.1 Å². The van der Waals surface area contributed by atoms with E-state index in [1.165, 1.54) is 22.7 Å². The van der Waals surface area contributed by atoms with Gasteiger partial charge in [-0.2, -0.15) is 0 Å².